The molecule has 0 N–H and O–H groups in total. The number of benzene rings is 1. The maximum absolute atomic E-state index is 12.8. The number of hydrogen-bond donors (Lipinski definition) is 0. The molecule has 0 spiro atoms. The third kappa shape index (κ3) is 3.46. The van der Waals surface area contributed by atoms with E-state index in [1.165, 1.54) is 11.8 Å². The van der Waals surface area contributed by atoms with Gasteiger partial charge < -0.3 is 4.42 Å². The van der Waals surface area contributed by atoms with Crippen LogP contribution in [0.3, 0.4) is 0 Å². The van der Waals surface area contributed by atoms with Crippen molar-refractivity contribution in [1.29, 1.82) is 5.26 Å². The zero-order valence-electron chi connectivity index (χ0n) is 12.4. The fraction of sp³-hybridized carbons (Fsp3) is 0.235. The van der Waals surface area contributed by atoms with Crippen molar-refractivity contribution in [1.82, 2.24) is 9.55 Å². The van der Waals surface area contributed by atoms with Crippen molar-refractivity contribution in [3.8, 4) is 6.07 Å². The summed E-state index contributed by atoms with van der Waals surface area (Å²) in [6.45, 7) is 0.351. The van der Waals surface area contributed by atoms with E-state index in [0.29, 0.717) is 34.8 Å². The second kappa shape index (κ2) is 7.16. The van der Waals surface area contributed by atoms with Crippen molar-refractivity contribution in [2.75, 3.05) is 5.75 Å². The van der Waals surface area contributed by atoms with Crippen molar-refractivity contribution >= 4 is 22.7 Å². The summed E-state index contributed by atoms with van der Waals surface area (Å²) in [6.07, 6.45) is 2.86. The van der Waals surface area contributed by atoms with Gasteiger partial charge in [0.2, 0.25) is 0 Å². The van der Waals surface area contributed by atoms with Crippen molar-refractivity contribution < 1.29 is 4.42 Å². The van der Waals surface area contributed by atoms with Gasteiger partial charge in [-0.15, -0.1) is 0 Å². The summed E-state index contributed by atoms with van der Waals surface area (Å²) in [5.74, 6) is 1.46. The molecule has 2 aromatic heterocycles. The first kappa shape index (κ1) is 15.4. The fourth-order valence-corrected chi connectivity index (χ4v) is 3.21. The predicted molar refractivity (Wildman–Crippen MR) is 89.4 cm³/mol. The Kier molecular flexibility index (Phi) is 4.79. The average molecular weight is 325 g/mol. The minimum absolute atomic E-state index is 0.0743. The Labute approximate surface area is 137 Å². The summed E-state index contributed by atoms with van der Waals surface area (Å²) >= 11 is 1.50. The Morgan fingerprint density at radius 2 is 2.13 bits per heavy atom. The maximum atomic E-state index is 12.8. The number of unbranched alkanes of at least 4 members (excludes halogenated alkanes) is 1. The summed E-state index contributed by atoms with van der Waals surface area (Å²) in [7, 11) is 0. The number of nitriles is 1. The van der Waals surface area contributed by atoms with Gasteiger partial charge in [0.05, 0.1) is 29.8 Å². The Balaban J connectivity index is 2.00. The van der Waals surface area contributed by atoms with Crippen LogP contribution in [0.1, 0.15) is 18.6 Å². The monoisotopic (exact) mass is 325 g/mol. The van der Waals surface area contributed by atoms with E-state index < -0.39 is 0 Å². The third-order valence-electron chi connectivity index (χ3n) is 3.38. The highest BCUT2D eigenvalue weighted by Crippen LogP contribution is 2.20. The van der Waals surface area contributed by atoms with E-state index in [4.69, 9.17) is 9.68 Å². The molecule has 116 valence electrons. The van der Waals surface area contributed by atoms with Gasteiger partial charge in [-0.3, -0.25) is 9.36 Å². The van der Waals surface area contributed by atoms with Gasteiger partial charge in [-0.1, -0.05) is 23.9 Å². The van der Waals surface area contributed by atoms with E-state index in [0.717, 1.165) is 12.2 Å². The summed E-state index contributed by atoms with van der Waals surface area (Å²) in [6, 6.07) is 13.1. The topological polar surface area (TPSA) is 71.8 Å². The number of thioether (sulfide) groups is 1. The molecular weight excluding hydrogens is 310 g/mol. The molecule has 0 aliphatic rings. The zero-order valence-corrected chi connectivity index (χ0v) is 13.3. The van der Waals surface area contributed by atoms with Crippen LogP contribution in [0.25, 0.3) is 10.9 Å². The lowest BCUT2D eigenvalue weighted by atomic mass is 10.2. The van der Waals surface area contributed by atoms with Crippen molar-refractivity contribution in [3.05, 3.63) is 58.8 Å². The van der Waals surface area contributed by atoms with Crippen molar-refractivity contribution in [2.24, 2.45) is 0 Å². The number of nitrogens with zero attached hydrogens (tertiary/aromatic N) is 3. The number of fused-ring (bicyclic) bond motifs is 1. The first-order chi connectivity index (χ1) is 11.3. The number of furan rings is 1. The highest BCUT2D eigenvalue weighted by atomic mass is 32.2. The second-order valence-corrected chi connectivity index (χ2v) is 6.05. The summed E-state index contributed by atoms with van der Waals surface area (Å²) in [5.41, 5.74) is 0.616. The van der Waals surface area contributed by atoms with Crippen LogP contribution in [0.15, 0.2) is 57.0 Å². The van der Waals surface area contributed by atoms with Gasteiger partial charge in [-0.2, -0.15) is 5.26 Å². The molecule has 0 bridgehead atoms. The Morgan fingerprint density at radius 1 is 1.26 bits per heavy atom. The van der Waals surface area contributed by atoms with E-state index in [9.17, 15) is 4.79 Å². The molecule has 0 unspecified atom stereocenters. The van der Waals surface area contributed by atoms with Crippen LogP contribution >= 0.6 is 11.8 Å². The lowest BCUT2D eigenvalue weighted by molar-refractivity contribution is 0.476. The Bertz CT molecular complexity index is 894. The molecule has 1 aromatic carbocycles. The minimum atomic E-state index is -0.0743. The van der Waals surface area contributed by atoms with Crippen LogP contribution in [-0.2, 0) is 6.54 Å². The smallest absolute Gasteiger partial charge is 0.262 e. The normalized spacial score (nSPS) is 10.7. The van der Waals surface area contributed by atoms with Crippen LogP contribution < -0.4 is 5.56 Å². The van der Waals surface area contributed by atoms with Crippen LogP contribution in [0.2, 0.25) is 0 Å². The van der Waals surface area contributed by atoms with E-state index in [2.05, 4.69) is 11.1 Å². The van der Waals surface area contributed by atoms with Gasteiger partial charge in [0.15, 0.2) is 5.16 Å². The lowest BCUT2D eigenvalue weighted by Gasteiger charge is -2.11. The van der Waals surface area contributed by atoms with Gasteiger partial charge in [-0.05, 0) is 30.7 Å². The SMILES string of the molecule is N#CCCCSc1nc2ccccc2c(=O)n1Cc1ccco1. The molecule has 5 nitrogen and oxygen atoms in total. The average Bonchev–Trinajstić information content (AvgIpc) is 3.08. The molecule has 0 amide bonds. The van der Waals surface area contributed by atoms with Crippen molar-refractivity contribution in [2.45, 2.75) is 24.5 Å². The number of aromatic nitrogens is 2. The molecular formula is C17H15N3O2S. The summed E-state index contributed by atoms with van der Waals surface area (Å²) < 4.78 is 7.00. The molecule has 2 heterocycles. The Morgan fingerprint density at radius 3 is 2.91 bits per heavy atom. The van der Waals surface area contributed by atoms with E-state index >= 15 is 0 Å². The molecule has 6 heteroatoms. The number of para-hydroxylation sites is 1. The molecule has 0 radical (unpaired) electrons. The zero-order chi connectivity index (χ0) is 16.1. The highest BCUT2D eigenvalue weighted by Gasteiger charge is 2.12. The standard InChI is InChI=1S/C17H15N3O2S/c18-9-3-4-11-23-17-19-15-8-2-1-7-14(15)16(21)20(17)12-13-6-5-10-22-13/h1-2,5-8,10H,3-4,11-12H2. The molecule has 0 saturated carbocycles. The van der Waals surface area contributed by atoms with Gasteiger partial charge in [-0.25, -0.2) is 4.98 Å². The van der Waals surface area contributed by atoms with Gasteiger partial charge in [0.25, 0.3) is 5.56 Å². The van der Waals surface area contributed by atoms with Crippen LogP contribution in [0.5, 0.6) is 0 Å². The first-order valence-electron chi connectivity index (χ1n) is 7.31. The summed E-state index contributed by atoms with van der Waals surface area (Å²) in [4.78, 5) is 17.4. The fourth-order valence-electron chi connectivity index (χ4n) is 2.27. The minimum Gasteiger partial charge on any atom is -0.467 e. The van der Waals surface area contributed by atoms with E-state index in [1.807, 2.05) is 24.3 Å². The molecule has 0 atom stereocenters. The van der Waals surface area contributed by atoms with Crippen LogP contribution in [0, 0.1) is 11.3 Å². The molecule has 0 aliphatic heterocycles. The van der Waals surface area contributed by atoms with Gasteiger partial charge >= 0.3 is 0 Å². The Hall–Kier alpha value is -2.52. The van der Waals surface area contributed by atoms with Crippen LogP contribution in [-0.4, -0.2) is 15.3 Å². The molecule has 0 aliphatic carbocycles. The predicted octanol–water partition coefficient (Wildman–Crippen LogP) is 3.43. The summed E-state index contributed by atoms with van der Waals surface area (Å²) in [5, 5.41) is 9.89. The maximum Gasteiger partial charge on any atom is 0.262 e. The van der Waals surface area contributed by atoms with Crippen LogP contribution in [0.4, 0.5) is 0 Å². The van der Waals surface area contributed by atoms with Gasteiger partial charge in [0, 0.05) is 12.2 Å². The quantitative estimate of drug-likeness (QED) is 0.394. The number of hydrogen-bond acceptors (Lipinski definition) is 5. The largest absolute Gasteiger partial charge is 0.467 e. The van der Waals surface area contributed by atoms with Gasteiger partial charge in [0.1, 0.15) is 5.76 Å². The highest BCUT2D eigenvalue weighted by molar-refractivity contribution is 7.99. The molecule has 0 fully saturated rings. The molecule has 3 aromatic rings. The van der Waals surface area contributed by atoms with E-state index in [-0.39, 0.29) is 5.56 Å². The molecule has 3 rings (SSSR count). The first-order valence-corrected chi connectivity index (χ1v) is 8.30. The third-order valence-corrected chi connectivity index (χ3v) is 4.45. The van der Waals surface area contributed by atoms with E-state index in [1.54, 1.807) is 23.0 Å². The molecule has 23 heavy (non-hydrogen) atoms. The number of rotatable bonds is 6. The lowest BCUT2D eigenvalue weighted by Crippen LogP contribution is -2.23. The molecule has 0 saturated heterocycles. The van der Waals surface area contributed by atoms with Crippen molar-refractivity contribution in [3.63, 3.8) is 0 Å². The second-order valence-electron chi connectivity index (χ2n) is 4.99.